The highest BCUT2D eigenvalue weighted by atomic mass is 35.5. The van der Waals surface area contributed by atoms with Crippen LogP contribution in [0.4, 0.5) is 0 Å². The summed E-state index contributed by atoms with van der Waals surface area (Å²) in [7, 11) is 0. The van der Waals surface area contributed by atoms with Gasteiger partial charge in [-0.1, -0.05) is 18.5 Å². The number of nitrogens with one attached hydrogen (secondary N) is 1. The molecular weight excluding hydrogens is 196 g/mol. The molecule has 0 amide bonds. The standard InChI is InChI=1S/C11H13ClN2/c1-2-7-3-9(12)4-8-5-10(6-13)14-11(7)8/h3-5,14H,2,6,13H2,1H3. The Bertz CT molecular complexity index is 460. The van der Waals surface area contributed by atoms with E-state index in [0.717, 1.165) is 28.0 Å². The quantitative estimate of drug-likeness (QED) is 0.783. The van der Waals surface area contributed by atoms with Crippen LogP contribution in [0.25, 0.3) is 10.9 Å². The van der Waals surface area contributed by atoms with E-state index < -0.39 is 0 Å². The van der Waals surface area contributed by atoms with Crippen molar-refractivity contribution in [3.63, 3.8) is 0 Å². The summed E-state index contributed by atoms with van der Waals surface area (Å²) < 4.78 is 0. The normalized spacial score (nSPS) is 11.1. The SMILES string of the molecule is CCc1cc(Cl)cc2cc(CN)[nH]c12. The van der Waals surface area contributed by atoms with Gasteiger partial charge in [-0.05, 0) is 30.2 Å². The molecule has 3 N–H and O–H groups in total. The van der Waals surface area contributed by atoms with Crippen molar-refractivity contribution in [2.24, 2.45) is 5.73 Å². The Labute approximate surface area is 88.1 Å². The zero-order valence-electron chi connectivity index (χ0n) is 8.10. The Morgan fingerprint density at radius 1 is 1.36 bits per heavy atom. The van der Waals surface area contributed by atoms with Crippen LogP contribution in [0.2, 0.25) is 5.02 Å². The summed E-state index contributed by atoms with van der Waals surface area (Å²) in [6.07, 6.45) is 0.974. The minimum absolute atomic E-state index is 0.537. The molecule has 1 heterocycles. The van der Waals surface area contributed by atoms with Gasteiger partial charge in [0.2, 0.25) is 0 Å². The summed E-state index contributed by atoms with van der Waals surface area (Å²) in [6, 6.07) is 6.02. The van der Waals surface area contributed by atoms with Crippen LogP contribution in [0.1, 0.15) is 18.2 Å². The van der Waals surface area contributed by atoms with Crippen molar-refractivity contribution in [2.45, 2.75) is 19.9 Å². The molecule has 0 bridgehead atoms. The molecule has 0 saturated carbocycles. The molecule has 0 aliphatic carbocycles. The van der Waals surface area contributed by atoms with Crippen LogP contribution < -0.4 is 5.73 Å². The van der Waals surface area contributed by atoms with Gasteiger partial charge in [-0.2, -0.15) is 0 Å². The van der Waals surface area contributed by atoms with Crippen LogP contribution >= 0.6 is 11.6 Å². The van der Waals surface area contributed by atoms with Crippen molar-refractivity contribution in [2.75, 3.05) is 0 Å². The van der Waals surface area contributed by atoms with E-state index in [9.17, 15) is 0 Å². The molecule has 1 aromatic carbocycles. The third-order valence-electron chi connectivity index (χ3n) is 2.43. The summed E-state index contributed by atoms with van der Waals surface area (Å²) in [6.45, 7) is 2.66. The molecule has 0 saturated heterocycles. The van der Waals surface area contributed by atoms with Crippen molar-refractivity contribution in [3.05, 3.63) is 34.5 Å². The number of aromatic amines is 1. The summed E-state index contributed by atoms with van der Waals surface area (Å²) >= 11 is 6.01. The Kier molecular flexibility index (Phi) is 2.48. The topological polar surface area (TPSA) is 41.8 Å². The Balaban J connectivity index is 2.71. The molecule has 3 heteroatoms. The zero-order valence-corrected chi connectivity index (χ0v) is 8.86. The van der Waals surface area contributed by atoms with E-state index in [1.165, 1.54) is 5.56 Å². The molecule has 0 unspecified atom stereocenters. The van der Waals surface area contributed by atoms with Crippen molar-refractivity contribution in [1.82, 2.24) is 4.98 Å². The number of hydrogen-bond donors (Lipinski definition) is 2. The second-order valence-corrected chi connectivity index (χ2v) is 3.82. The van der Waals surface area contributed by atoms with Crippen LogP contribution in [-0.2, 0) is 13.0 Å². The van der Waals surface area contributed by atoms with Gasteiger partial charge in [-0.3, -0.25) is 0 Å². The number of rotatable bonds is 2. The summed E-state index contributed by atoms with van der Waals surface area (Å²) in [4.78, 5) is 3.31. The molecule has 74 valence electrons. The molecule has 0 aliphatic heterocycles. The molecule has 2 rings (SSSR count). The Morgan fingerprint density at radius 3 is 2.79 bits per heavy atom. The van der Waals surface area contributed by atoms with Gasteiger partial charge in [0, 0.05) is 28.2 Å². The van der Waals surface area contributed by atoms with E-state index in [2.05, 4.69) is 18.0 Å². The molecule has 0 aliphatic rings. The van der Waals surface area contributed by atoms with Gasteiger partial charge in [-0.15, -0.1) is 0 Å². The lowest BCUT2D eigenvalue weighted by molar-refractivity contribution is 1.02. The second kappa shape index (κ2) is 3.64. The number of nitrogens with two attached hydrogens (primary N) is 1. The van der Waals surface area contributed by atoms with Crippen LogP contribution in [0.5, 0.6) is 0 Å². The third kappa shape index (κ3) is 1.51. The molecule has 2 aromatic rings. The van der Waals surface area contributed by atoms with Gasteiger partial charge in [0.1, 0.15) is 0 Å². The maximum Gasteiger partial charge on any atom is 0.0489 e. The number of H-pyrrole nitrogens is 1. The average Bonchev–Trinajstić information content (AvgIpc) is 2.59. The van der Waals surface area contributed by atoms with Crippen LogP contribution in [0.3, 0.4) is 0 Å². The van der Waals surface area contributed by atoms with Gasteiger partial charge in [-0.25, -0.2) is 0 Å². The van der Waals surface area contributed by atoms with Crippen molar-refractivity contribution in [3.8, 4) is 0 Å². The predicted molar refractivity (Wildman–Crippen MR) is 60.6 cm³/mol. The lowest BCUT2D eigenvalue weighted by atomic mass is 10.1. The Morgan fingerprint density at radius 2 is 2.14 bits per heavy atom. The largest absolute Gasteiger partial charge is 0.357 e. The first kappa shape index (κ1) is 9.56. The van der Waals surface area contributed by atoms with E-state index >= 15 is 0 Å². The van der Waals surface area contributed by atoms with Gasteiger partial charge >= 0.3 is 0 Å². The van der Waals surface area contributed by atoms with Crippen molar-refractivity contribution in [1.29, 1.82) is 0 Å². The predicted octanol–water partition coefficient (Wildman–Crippen LogP) is 2.84. The number of hydrogen-bond acceptors (Lipinski definition) is 1. The molecule has 0 atom stereocenters. The number of fused-ring (bicyclic) bond motifs is 1. The first-order chi connectivity index (χ1) is 6.74. The molecule has 0 fully saturated rings. The zero-order chi connectivity index (χ0) is 10.1. The maximum absolute atomic E-state index is 6.01. The molecule has 14 heavy (non-hydrogen) atoms. The highest BCUT2D eigenvalue weighted by Crippen LogP contribution is 2.24. The smallest absolute Gasteiger partial charge is 0.0489 e. The first-order valence-electron chi connectivity index (χ1n) is 4.74. The highest BCUT2D eigenvalue weighted by Gasteiger charge is 2.05. The fourth-order valence-electron chi connectivity index (χ4n) is 1.73. The minimum Gasteiger partial charge on any atom is -0.357 e. The van der Waals surface area contributed by atoms with E-state index in [1.807, 2.05) is 12.1 Å². The van der Waals surface area contributed by atoms with Crippen LogP contribution in [-0.4, -0.2) is 4.98 Å². The maximum atomic E-state index is 6.01. The Hall–Kier alpha value is -0.990. The number of aryl methyl sites for hydroxylation is 1. The number of benzene rings is 1. The van der Waals surface area contributed by atoms with Crippen LogP contribution in [0, 0.1) is 0 Å². The van der Waals surface area contributed by atoms with Gasteiger partial charge in [0.15, 0.2) is 0 Å². The van der Waals surface area contributed by atoms with Crippen LogP contribution in [0.15, 0.2) is 18.2 Å². The van der Waals surface area contributed by atoms with Crippen molar-refractivity contribution < 1.29 is 0 Å². The fraction of sp³-hybridized carbons (Fsp3) is 0.273. The lowest BCUT2D eigenvalue weighted by Gasteiger charge is -2.00. The van der Waals surface area contributed by atoms with Gasteiger partial charge < -0.3 is 10.7 Å². The molecular formula is C11H13ClN2. The average molecular weight is 209 g/mol. The number of aromatic nitrogens is 1. The fourth-order valence-corrected chi connectivity index (χ4v) is 1.98. The first-order valence-corrected chi connectivity index (χ1v) is 5.12. The summed E-state index contributed by atoms with van der Waals surface area (Å²) in [5, 5.41) is 1.94. The summed E-state index contributed by atoms with van der Waals surface area (Å²) in [5.41, 5.74) is 9.04. The van der Waals surface area contributed by atoms with E-state index in [1.54, 1.807) is 0 Å². The highest BCUT2D eigenvalue weighted by molar-refractivity contribution is 6.31. The monoisotopic (exact) mass is 208 g/mol. The van der Waals surface area contributed by atoms with Crippen molar-refractivity contribution >= 4 is 22.5 Å². The molecule has 1 aromatic heterocycles. The van der Waals surface area contributed by atoms with E-state index in [4.69, 9.17) is 17.3 Å². The number of halogens is 1. The minimum atomic E-state index is 0.537. The molecule has 2 nitrogen and oxygen atoms in total. The summed E-state index contributed by atoms with van der Waals surface area (Å²) in [5.74, 6) is 0. The van der Waals surface area contributed by atoms with E-state index in [0.29, 0.717) is 6.54 Å². The van der Waals surface area contributed by atoms with E-state index in [-0.39, 0.29) is 0 Å². The molecule has 0 radical (unpaired) electrons. The van der Waals surface area contributed by atoms with Gasteiger partial charge in [0.05, 0.1) is 0 Å². The van der Waals surface area contributed by atoms with Gasteiger partial charge in [0.25, 0.3) is 0 Å². The second-order valence-electron chi connectivity index (χ2n) is 3.38. The molecule has 0 spiro atoms. The third-order valence-corrected chi connectivity index (χ3v) is 2.65. The lowest BCUT2D eigenvalue weighted by Crippen LogP contribution is -1.95.